The number of benzene rings is 1. The van der Waals surface area contributed by atoms with Gasteiger partial charge >= 0.3 is 0 Å². The summed E-state index contributed by atoms with van der Waals surface area (Å²) in [5.74, 6) is -0.508. The number of rotatable bonds is 3. The third kappa shape index (κ3) is 3.05. The van der Waals surface area contributed by atoms with Crippen LogP contribution in [0.1, 0.15) is 21.6 Å². The summed E-state index contributed by atoms with van der Waals surface area (Å²) < 4.78 is 15.7. The van der Waals surface area contributed by atoms with E-state index in [1.807, 2.05) is 6.92 Å². The summed E-state index contributed by atoms with van der Waals surface area (Å²) >= 11 is 0. The number of halogens is 1. The lowest BCUT2D eigenvalue weighted by molar-refractivity contribution is -0.594. The van der Waals surface area contributed by atoms with Gasteiger partial charge in [-0.1, -0.05) is 0 Å². The molecule has 0 saturated carbocycles. The monoisotopic (exact) mass is 377 g/mol. The number of carbonyl (C=O) groups excluding carboxylic acids is 1. The maximum atomic E-state index is 13.5. The van der Waals surface area contributed by atoms with Gasteiger partial charge in [0.05, 0.1) is 16.8 Å². The lowest BCUT2D eigenvalue weighted by atomic mass is 10.2. The SMILES string of the molecule is Cc1nc(-c2cccc[n+]2[O-])ncc1C(=O)Nn1cc(C)c2cc(F)ccc21. The van der Waals surface area contributed by atoms with Crippen molar-refractivity contribution in [2.45, 2.75) is 13.8 Å². The predicted octanol–water partition coefficient (Wildman–Crippen LogP) is 2.87. The number of nitrogens with one attached hydrogen (secondary N) is 1. The number of amides is 1. The minimum absolute atomic E-state index is 0.238. The van der Waals surface area contributed by atoms with Crippen molar-refractivity contribution in [3.05, 3.63) is 82.8 Å². The molecule has 0 atom stereocenters. The zero-order valence-electron chi connectivity index (χ0n) is 15.2. The highest BCUT2D eigenvalue weighted by Crippen LogP contribution is 2.21. The van der Waals surface area contributed by atoms with Gasteiger partial charge in [0, 0.05) is 29.9 Å². The zero-order chi connectivity index (χ0) is 19.8. The first kappa shape index (κ1) is 17.6. The van der Waals surface area contributed by atoms with Crippen molar-refractivity contribution in [2.75, 3.05) is 5.43 Å². The van der Waals surface area contributed by atoms with Crippen LogP contribution >= 0.6 is 0 Å². The summed E-state index contributed by atoms with van der Waals surface area (Å²) in [6, 6.07) is 9.30. The number of carbonyl (C=O) groups is 1. The van der Waals surface area contributed by atoms with Crippen molar-refractivity contribution in [1.29, 1.82) is 0 Å². The normalized spacial score (nSPS) is 11.0. The molecule has 1 N–H and O–H groups in total. The van der Waals surface area contributed by atoms with E-state index < -0.39 is 5.91 Å². The summed E-state index contributed by atoms with van der Waals surface area (Å²) in [7, 11) is 0. The molecule has 0 aliphatic rings. The number of hydrogen-bond acceptors (Lipinski definition) is 4. The molecule has 0 fully saturated rings. The zero-order valence-corrected chi connectivity index (χ0v) is 15.2. The molecule has 0 radical (unpaired) electrons. The van der Waals surface area contributed by atoms with Crippen LogP contribution in [0, 0.1) is 24.9 Å². The molecule has 1 amide bonds. The molecule has 0 aliphatic carbocycles. The highest BCUT2D eigenvalue weighted by atomic mass is 19.1. The second kappa shape index (κ2) is 6.73. The molecule has 0 spiro atoms. The topological polar surface area (TPSA) is 86.8 Å². The van der Waals surface area contributed by atoms with E-state index in [1.165, 1.54) is 24.5 Å². The Morgan fingerprint density at radius 2 is 2.07 bits per heavy atom. The minimum Gasteiger partial charge on any atom is -0.618 e. The molecule has 1 aromatic carbocycles. The number of hydrogen-bond donors (Lipinski definition) is 1. The van der Waals surface area contributed by atoms with Crippen LogP contribution in [0.15, 0.2) is 55.0 Å². The van der Waals surface area contributed by atoms with Gasteiger partial charge in [0.1, 0.15) is 5.82 Å². The lowest BCUT2D eigenvalue weighted by Gasteiger charge is -2.10. The summed E-state index contributed by atoms with van der Waals surface area (Å²) in [6.45, 7) is 3.51. The third-order valence-corrected chi connectivity index (χ3v) is 4.46. The molecule has 28 heavy (non-hydrogen) atoms. The average molecular weight is 377 g/mol. The Labute approximate surface area is 159 Å². The van der Waals surface area contributed by atoms with Crippen LogP contribution in [0.2, 0.25) is 0 Å². The van der Waals surface area contributed by atoms with E-state index in [4.69, 9.17) is 0 Å². The van der Waals surface area contributed by atoms with Crippen LogP contribution in [0.3, 0.4) is 0 Å². The first-order chi connectivity index (χ1) is 13.4. The average Bonchev–Trinajstić information content (AvgIpc) is 2.96. The van der Waals surface area contributed by atoms with Gasteiger partial charge in [-0.05, 0) is 43.7 Å². The Bertz CT molecular complexity index is 1220. The molecule has 0 aliphatic heterocycles. The smallest absolute Gasteiger partial charge is 0.273 e. The fourth-order valence-corrected chi connectivity index (χ4v) is 3.04. The number of aromatic nitrogens is 4. The van der Waals surface area contributed by atoms with E-state index in [-0.39, 0.29) is 17.2 Å². The largest absolute Gasteiger partial charge is 0.618 e. The molecule has 8 heteroatoms. The highest BCUT2D eigenvalue weighted by Gasteiger charge is 2.17. The minimum atomic E-state index is -0.409. The van der Waals surface area contributed by atoms with Gasteiger partial charge < -0.3 is 5.21 Å². The summed E-state index contributed by atoms with van der Waals surface area (Å²) in [5.41, 5.74) is 5.29. The van der Waals surface area contributed by atoms with Crippen molar-refractivity contribution >= 4 is 16.8 Å². The fourth-order valence-electron chi connectivity index (χ4n) is 3.04. The van der Waals surface area contributed by atoms with Crippen LogP contribution in [-0.4, -0.2) is 20.6 Å². The summed E-state index contributed by atoms with van der Waals surface area (Å²) in [4.78, 5) is 21.2. The van der Waals surface area contributed by atoms with Crippen molar-refractivity contribution in [2.24, 2.45) is 0 Å². The number of aryl methyl sites for hydroxylation is 2. The molecule has 0 saturated heterocycles. The van der Waals surface area contributed by atoms with Crippen molar-refractivity contribution < 1.29 is 13.9 Å². The molecule has 7 nitrogen and oxygen atoms in total. The van der Waals surface area contributed by atoms with E-state index in [1.54, 1.807) is 42.1 Å². The number of fused-ring (bicyclic) bond motifs is 1. The van der Waals surface area contributed by atoms with Crippen molar-refractivity contribution in [3.8, 4) is 11.5 Å². The third-order valence-electron chi connectivity index (χ3n) is 4.46. The van der Waals surface area contributed by atoms with Gasteiger partial charge in [-0.2, -0.15) is 4.73 Å². The molecule has 0 unspecified atom stereocenters. The maximum absolute atomic E-state index is 13.5. The van der Waals surface area contributed by atoms with Crippen LogP contribution in [0.5, 0.6) is 0 Å². The molecule has 3 heterocycles. The quantitative estimate of drug-likeness (QED) is 0.439. The molecule has 3 aromatic heterocycles. The van der Waals surface area contributed by atoms with Gasteiger partial charge in [0.15, 0.2) is 6.20 Å². The summed E-state index contributed by atoms with van der Waals surface area (Å²) in [5, 5.41) is 12.6. The van der Waals surface area contributed by atoms with Gasteiger partial charge in [-0.25, -0.2) is 14.4 Å². The standard InChI is InChI=1S/C20H16FN5O2/c1-12-11-25(17-7-6-14(21)9-15(12)17)24-20(27)16-10-22-19(23-13(16)2)18-5-3-4-8-26(18)28/h3-11H,1-2H3,(H,24,27). The van der Waals surface area contributed by atoms with Crippen LogP contribution in [0.25, 0.3) is 22.4 Å². The summed E-state index contributed by atoms with van der Waals surface area (Å²) in [6.07, 6.45) is 4.46. The number of pyridine rings is 1. The second-order valence-corrected chi connectivity index (χ2v) is 6.39. The van der Waals surface area contributed by atoms with E-state index in [0.29, 0.717) is 27.0 Å². The van der Waals surface area contributed by atoms with Crippen LogP contribution < -0.4 is 10.2 Å². The van der Waals surface area contributed by atoms with Crippen LogP contribution in [-0.2, 0) is 0 Å². The van der Waals surface area contributed by atoms with Crippen LogP contribution in [0.4, 0.5) is 4.39 Å². The van der Waals surface area contributed by atoms with E-state index in [0.717, 1.165) is 5.56 Å². The first-order valence-corrected chi connectivity index (χ1v) is 8.55. The first-order valence-electron chi connectivity index (χ1n) is 8.55. The van der Waals surface area contributed by atoms with Crippen molar-refractivity contribution in [3.63, 3.8) is 0 Å². The van der Waals surface area contributed by atoms with Crippen molar-refractivity contribution in [1.82, 2.24) is 14.6 Å². The van der Waals surface area contributed by atoms with Gasteiger partial charge in [-0.15, -0.1) is 0 Å². The Kier molecular flexibility index (Phi) is 4.23. The predicted molar refractivity (Wildman–Crippen MR) is 101 cm³/mol. The Balaban J connectivity index is 1.65. The van der Waals surface area contributed by atoms with E-state index in [2.05, 4.69) is 15.4 Å². The maximum Gasteiger partial charge on any atom is 0.273 e. The highest BCUT2D eigenvalue weighted by molar-refractivity contribution is 6.01. The molecular weight excluding hydrogens is 361 g/mol. The second-order valence-electron chi connectivity index (χ2n) is 6.39. The molecule has 4 rings (SSSR count). The Hall–Kier alpha value is -3.81. The molecule has 140 valence electrons. The van der Waals surface area contributed by atoms with Gasteiger partial charge in [0.2, 0.25) is 5.82 Å². The Morgan fingerprint density at radius 1 is 1.25 bits per heavy atom. The Morgan fingerprint density at radius 3 is 2.82 bits per heavy atom. The van der Waals surface area contributed by atoms with E-state index in [9.17, 15) is 14.4 Å². The molecular formula is C20H16FN5O2. The fraction of sp³-hybridized carbons (Fsp3) is 0.100. The van der Waals surface area contributed by atoms with E-state index >= 15 is 0 Å². The lowest BCUT2D eigenvalue weighted by Crippen LogP contribution is -2.29. The molecule has 4 aromatic rings. The molecule has 0 bridgehead atoms. The number of nitrogens with zero attached hydrogens (tertiary/aromatic N) is 4. The van der Waals surface area contributed by atoms with Gasteiger partial charge in [0.25, 0.3) is 11.6 Å². The van der Waals surface area contributed by atoms with Gasteiger partial charge in [-0.3, -0.25) is 14.9 Å².